The highest BCUT2D eigenvalue weighted by atomic mass is 19.2. The predicted octanol–water partition coefficient (Wildman–Crippen LogP) is 4.58. The van der Waals surface area contributed by atoms with Crippen LogP contribution < -0.4 is 5.32 Å². The van der Waals surface area contributed by atoms with Gasteiger partial charge in [-0.15, -0.1) is 0 Å². The summed E-state index contributed by atoms with van der Waals surface area (Å²) >= 11 is 0. The third-order valence-electron chi connectivity index (χ3n) is 4.93. The summed E-state index contributed by atoms with van der Waals surface area (Å²) in [6, 6.07) is 4.81. The van der Waals surface area contributed by atoms with Crippen molar-refractivity contribution in [3.63, 3.8) is 0 Å². The molecule has 0 radical (unpaired) electrons. The van der Waals surface area contributed by atoms with E-state index in [0.717, 1.165) is 17.4 Å². The highest BCUT2D eigenvalue weighted by Crippen LogP contribution is 2.44. The van der Waals surface area contributed by atoms with Crippen molar-refractivity contribution in [1.82, 2.24) is 5.32 Å². The molecule has 110 valence electrons. The molecule has 0 saturated heterocycles. The topological polar surface area (TPSA) is 12.0 Å². The van der Waals surface area contributed by atoms with Crippen LogP contribution in [0, 0.1) is 23.5 Å². The van der Waals surface area contributed by atoms with Gasteiger partial charge in [0.2, 0.25) is 0 Å². The Kier molecular flexibility index (Phi) is 4.06. The van der Waals surface area contributed by atoms with Crippen LogP contribution in [-0.2, 0) is 0 Å². The maximum Gasteiger partial charge on any atom is 0.159 e. The molecular formula is C17H23F2N. The van der Waals surface area contributed by atoms with Crippen molar-refractivity contribution in [3.05, 3.63) is 35.4 Å². The molecule has 2 aliphatic carbocycles. The second kappa shape index (κ2) is 5.80. The third-order valence-corrected chi connectivity index (χ3v) is 4.93. The largest absolute Gasteiger partial charge is 0.307 e. The first-order chi connectivity index (χ1) is 9.63. The van der Waals surface area contributed by atoms with E-state index in [4.69, 9.17) is 0 Å². The van der Waals surface area contributed by atoms with Gasteiger partial charge in [0, 0.05) is 12.1 Å². The highest BCUT2D eigenvalue weighted by molar-refractivity contribution is 5.21. The Bertz CT molecular complexity index is 470. The third kappa shape index (κ3) is 3.20. The molecule has 1 N–H and O–H groups in total. The molecule has 0 spiro atoms. The lowest BCUT2D eigenvalue weighted by molar-refractivity contribution is 0.249. The van der Waals surface area contributed by atoms with Crippen molar-refractivity contribution in [3.8, 4) is 0 Å². The normalized spacial score (nSPS) is 28.4. The van der Waals surface area contributed by atoms with Crippen molar-refractivity contribution in [1.29, 1.82) is 0 Å². The summed E-state index contributed by atoms with van der Waals surface area (Å²) in [5, 5.41) is 3.61. The standard InChI is InChI=1S/C17H23F2N/c1-11(13-7-8-16(18)17(19)10-13)20-15-4-2-3-14(9-15)12-5-6-12/h7-8,10-12,14-15,20H,2-6,9H2,1H3. The van der Waals surface area contributed by atoms with Crippen molar-refractivity contribution < 1.29 is 8.78 Å². The van der Waals surface area contributed by atoms with Crippen molar-refractivity contribution in [2.75, 3.05) is 0 Å². The molecule has 20 heavy (non-hydrogen) atoms. The van der Waals surface area contributed by atoms with E-state index < -0.39 is 11.6 Å². The van der Waals surface area contributed by atoms with E-state index in [1.165, 1.54) is 50.7 Å². The fraction of sp³-hybridized carbons (Fsp3) is 0.647. The number of nitrogens with one attached hydrogen (secondary N) is 1. The van der Waals surface area contributed by atoms with E-state index in [2.05, 4.69) is 5.32 Å². The van der Waals surface area contributed by atoms with Crippen molar-refractivity contribution in [2.45, 2.75) is 57.5 Å². The van der Waals surface area contributed by atoms with Crippen LogP contribution in [0.2, 0.25) is 0 Å². The number of benzene rings is 1. The van der Waals surface area contributed by atoms with Crippen molar-refractivity contribution >= 4 is 0 Å². The molecule has 2 saturated carbocycles. The highest BCUT2D eigenvalue weighted by Gasteiger charge is 2.34. The summed E-state index contributed by atoms with van der Waals surface area (Å²) in [7, 11) is 0. The fourth-order valence-electron chi connectivity index (χ4n) is 3.61. The summed E-state index contributed by atoms with van der Waals surface area (Å²) in [6.45, 7) is 2.04. The zero-order valence-electron chi connectivity index (χ0n) is 12.0. The molecule has 1 aromatic carbocycles. The number of hydrogen-bond acceptors (Lipinski definition) is 1. The molecule has 0 aliphatic heterocycles. The number of hydrogen-bond donors (Lipinski definition) is 1. The summed E-state index contributed by atoms with van der Waals surface area (Å²) in [4.78, 5) is 0. The van der Waals surface area contributed by atoms with Crippen LogP contribution in [0.25, 0.3) is 0 Å². The molecule has 0 heterocycles. The van der Waals surface area contributed by atoms with E-state index in [-0.39, 0.29) is 6.04 Å². The van der Waals surface area contributed by atoms with Crippen molar-refractivity contribution in [2.24, 2.45) is 11.8 Å². The molecule has 0 aromatic heterocycles. The minimum Gasteiger partial charge on any atom is -0.307 e. The van der Waals surface area contributed by atoms with E-state index in [0.29, 0.717) is 6.04 Å². The predicted molar refractivity (Wildman–Crippen MR) is 76.4 cm³/mol. The number of halogens is 2. The Balaban J connectivity index is 1.59. The SMILES string of the molecule is CC(NC1CCCC(C2CC2)C1)c1ccc(F)c(F)c1. The summed E-state index contributed by atoms with van der Waals surface area (Å²) in [5.41, 5.74) is 0.831. The zero-order chi connectivity index (χ0) is 14.1. The molecule has 1 nitrogen and oxygen atoms in total. The van der Waals surface area contributed by atoms with E-state index in [1.807, 2.05) is 6.92 Å². The Morgan fingerprint density at radius 2 is 1.85 bits per heavy atom. The van der Waals surface area contributed by atoms with Gasteiger partial charge in [-0.25, -0.2) is 8.78 Å². The molecule has 0 bridgehead atoms. The van der Waals surface area contributed by atoms with Gasteiger partial charge in [0.25, 0.3) is 0 Å². The van der Waals surface area contributed by atoms with Crippen LogP contribution in [0.1, 0.15) is 57.1 Å². The van der Waals surface area contributed by atoms with E-state index in [1.54, 1.807) is 6.07 Å². The van der Waals surface area contributed by atoms with Gasteiger partial charge in [-0.05, 0) is 62.1 Å². The molecule has 3 unspecified atom stereocenters. The Labute approximate surface area is 119 Å². The molecule has 2 aliphatic rings. The molecular weight excluding hydrogens is 256 g/mol. The molecule has 0 amide bonds. The molecule has 1 aromatic rings. The van der Waals surface area contributed by atoms with Gasteiger partial charge in [0.1, 0.15) is 0 Å². The lowest BCUT2D eigenvalue weighted by Gasteiger charge is -2.32. The van der Waals surface area contributed by atoms with E-state index >= 15 is 0 Å². The first-order valence-electron chi connectivity index (χ1n) is 7.84. The lowest BCUT2D eigenvalue weighted by Crippen LogP contribution is -2.36. The first kappa shape index (κ1) is 14.0. The average Bonchev–Trinajstić information content (AvgIpc) is 3.26. The van der Waals surface area contributed by atoms with Crippen LogP contribution in [0.3, 0.4) is 0 Å². The average molecular weight is 279 g/mol. The van der Waals surface area contributed by atoms with Gasteiger partial charge in [0.15, 0.2) is 11.6 Å². The Morgan fingerprint density at radius 1 is 1.05 bits per heavy atom. The number of rotatable bonds is 4. The van der Waals surface area contributed by atoms with Crippen LogP contribution in [0.5, 0.6) is 0 Å². The van der Waals surface area contributed by atoms with E-state index in [9.17, 15) is 8.78 Å². The molecule has 3 heteroatoms. The Hall–Kier alpha value is -0.960. The second-order valence-corrected chi connectivity index (χ2v) is 6.52. The Morgan fingerprint density at radius 3 is 2.55 bits per heavy atom. The second-order valence-electron chi connectivity index (χ2n) is 6.52. The van der Waals surface area contributed by atoms with Gasteiger partial charge < -0.3 is 5.32 Å². The van der Waals surface area contributed by atoms with Gasteiger partial charge in [0.05, 0.1) is 0 Å². The quantitative estimate of drug-likeness (QED) is 0.850. The smallest absolute Gasteiger partial charge is 0.159 e. The first-order valence-corrected chi connectivity index (χ1v) is 7.84. The zero-order valence-corrected chi connectivity index (χ0v) is 12.0. The minimum atomic E-state index is -0.771. The molecule has 3 atom stereocenters. The van der Waals surface area contributed by atoms with Gasteiger partial charge in [-0.3, -0.25) is 0 Å². The molecule has 2 fully saturated rings. The summed E-state index contributed by atoms with van der Waals surface area (Å²) in [5.74, 6) is 0.333. The fourth-order valence-corrected chi connectivity index (χ4v) is 3.61. The lowest BCUT2D eigenvalue weighted by atomic mass is 9.82. The van der Waals surface area contributed by atoms with Crippen LogP contribution in [-0.4, -0.2) is 6.04 Å². The maximum atomic E-state index is 13.3. The monoisotopic (exact) mass is 279 g/mol. The van der Waals surface area contributed by atoms with Gasteiger partial charge in [-0.1, -0.05) is 18.9 Å². The van der Waals surface area contributed by atoms with Gasteiger partial charge >= 0.3 is 0 Å². The van der Waals surface area contributed by atoms with Gasteiger partial charge in [-0.2, -0.15) is 0 Å². The molecule has 3 rings (SSSR count). The van der Waals surface area contributed by atoms with Crippen LogP contribution in [0.4, 0.5) is 8.78 Å². The maximum absolute atomic E-state index is 13.3. The summed E-state index contributed by atoms with van der Waals surface area (Å²) < 4.78 is 26.3. The summed E-state index contributed by atoms with van der Waals surface area (Å²) in [6.07, 6.45) is 7.95. The van der Waals surface area contributed by atoms with Crippen LogP contribution >= 0.6 is 0 Å². The van der Waals surface area contributed by atoms with Crippen LogP contribution in [0.15, 0.2) is 18.2 Å². The minimum absolute atomic E-state index is 0.0769.